The molecule has 0 rings (SSSR count). The molecule has 0 N–H and O–H groups in total. The summed E-state index contributed by atoms with van der Waals surface area (Å²) in [7, 11) is 0. The number of hydrogen-bond donors (Lipinski definition) is 0. The first-order chi connectivity index (χ1) is 8.36. The molecular formula is C15H28O3. The lowest BCUT2D eigenvalue weighted by atomic mass is 9.74. The van der Waals surface area contributed by atoms with Crippen molar-refractivity contribution in [3.8, 4) is 0 Å². The van der Waals surface area contributed by atoms with Crippen LogP contribution in [0.25, 0.3) is 0 Å². The molecule has 0 radical (unpaired) electrons. The van der Waals surface area contributed by atoms with Crippen LogP contribution in [0.1, 0.15) is 54.4 Å². The lowest BCUT2D eigenvalue weighted by Crippen LogP contribution is -2.38. The molecule has 0 amide bonds. The molecule has 3 nitrogen and oxygen atoms in total. The minimum absolute atomic E-state index is 0.122. The molecule has 0 bridgehead atoms. The molecule has 2 atom stereocenters. The molecule has 0 aliphatic heterocycles. The van der Waals surface area contributed by atoms with Crippen molar-refractivity contribution in [1.82, 2.24) is 0 Å². The number of carbonyl (C=O) groups is 2. The van der Waals surface area contributed by atoms with Crippen LogP contribution in [0.15, 0.2) is 0 Å². The standard InChI is InChI=1S/C15H28O3/c1-7-9-12(16)13(10(3)4)14(11(5)6)15(17)18-8-2/h10-11,13-14H,7-9H2,1-6H3. The van der Waals surface area contributed by atoms with Crippen LogP contribution in [0.4, 0.5) is 0 Å². The van der Waals surface area contributed by atoms with E-state index in [9.17, 15) is 9.59 Å². The van der Waals surface area contributed by atoms with Gasteiger partial charge in [-0.1, -0.05) is 34.6 Å². The van der Waals surface area contributed by atoms with E-state index < -0.39 is 0 Å². The summed E-state index contributed by atoms with van der Waals surface area (Å²) in [4.78, 5) is 24.3. The largest absolute Gasteiger partial charge is 0.466 e. The fourth-order valence-corrected chi connectivity index (χ4v) is 2.47. The lowest BCUT2D eigenvalue weighted by Gasteiger charge is -2.30. The number of rotatable bonds is 8. The van der Waals surface area contributed by atoms with Crippen molar-refractivity contribution in [2.24, 2.45) is 23.7 Å². The quantitative estimate of drug-likeness (QED) is 0.625. The summed E-state index contributed by atoms with van der Waals surface area (Å²) in [5, 5.41) is 0. The van der Waals surface area contributed by atoms with Gasteiger partial charge in [-0.15, -0.1) is 0 Å². The summed E-state index contributed by atoms with van der Waals surface area (Å²) < 4.78 is 5.13. The van der Waals surface area contributed by atoms with Crippen LogP contribution in [0, 0.1) is 23.7 Å². The Labute approximate surface area is 111 Å². The van der Waals surface area contributed by atoms with E-state index in [0.717, 1.165) is 6.42 Å². The highest BCUT2D eigenvalue weighted by Gasteiger charge is 2.38. The van der Waals surface area contributed by atoms with Gasteiger partial charge in [0.15, 0.2) is 0 Å². The summed E-state index contributed by atoms with van der Waals surface area (Å²) in [5.41, 5.74) is 0. The third-order valence-corrected chi connectivity index (χ3v) is 3.25. The van der Waals surface area contributed by atoms with Gasteiger partial charge < -0.3 is 4.74 Å². The maximum Gasteiger partial charge on any atom is 0.309 e. The molecule has 0 aliphatic rings. The number of carbonyl (C=O) groups excluding carboxylic acids is 2. The van der Waals surface area contributed by atoms with E-state index in [0.29, 0.717) is 13.0 Å². The number of ether oxygens (including phenoxy) is 1. The van der Waals surface area contributed by atoms with Gasteiger partial charge in [-0.05, 0) is 25.2 Å². The molecule has 0 fully saturated rings. The minimum Gasteiger partial charge on any atom is -0.466 e. The van der Waals surface area contributed by atoms with E-state index in [1.54, 1.807) is 6.92 Å². The Morgan fingerprint density at radius 2 is 1.44 bits per heavy atom. The molecule has 0 spiro atoms. The second-order valence-electron chi connectivity index (χ2n) is 5.51. The van der Waals surface area contributed by atoms with Crippen molar-refractivity contribution in [2.45, 2.75) is 54.4 Å². The van der Waals surface area contributed by atoms with Crippen LogP contribution in [0.5, 0.6) is 0 Å². The third kappa shape index (κ3) is 4.79. The summed E-state index contributed by atoms with van der Waals surface area (Å²) in [6.07, 6.45) is 1.38. The Kier molecular flexibility index (Phi) is 7.88. The van der Waals surface area contributed by atoms with Gasteiger partial charge in [0, 0.05) is 12.3 Å². The highest BCUT2D eigenvalue weighted by atomic mass is 16.5. The van der Waals surface area contributed by atoms with E-state index in [-0.39, 0.29) is 35.4 Å². The van der Waals surface area contributed by atoms with Gasteiger partial charge >= 0.3 is 5.97 Å². The average molecular weight is 256 g/mol. The monoisotopic (exact) mass is 256 g/mol. The van der Waals surface area contributed by atoms with Gasteiger partial charge in [-0.3, -0.25) is 9.59 Å². The summed E-state index contributed by atoms with van der Waals surface area (Å²) in [6, 6.07) is 0. The van der Waals surface area contributed by atoms with Gasteiger partial charge in [0.05, 0.1) is 12.5 Å². The van der Waals surface area contributed by atoms with Crippen molar-refractivity contribution in [1.29, 1.82) is 0 Å². The van der Waals surface area contributed by atoms with Gasteiger partial charge in [0.25, 0.3) is 0 Å². The second kappa shape index (κ2) is 8.28. The molecule has 0 saturated carbocycles. The second-order valence-corrected chi connectivity index (χ2v) is 5.51. The molecular weight excluding hydrogens is 228 g/mol. The van der Waals surface area contributed by atoms with Crippen LogP contribution >= 0.6 is 0 Å². The molecule has 18 heavy (non-hydrogen) atoms. The first kappa shape index (κ1) is 17.1. The topological polar surface area (TPSA) is 43.4 Å². The molecule has 0 aromatic heterocycles. The third-order valence-electron chi connectivity index (χ3n) is 3.25. The number of ketones is 1. The molecule has 106 valence electrons. The van der Waals surface area contributed by atoms with Crippen molar-refractivity contribution < 1.29 is 14.3 Å². The molecule has 0 aromatic rings. The van der Waals surface area contributed by atoms with E-state index >= 15 is 0 Å². The van der Waals surface area contributed by atoms with Crippen LogP contribution in [0.3, 0.4) is 0 Å². The Balaban J connectivity index is 5.11. The van der Waals surface area contributed by atoms with E-state index in [2.05, 4.69) is 0 Å². The summed E-state index contributed by atoms with van der Waals surface area (Å²) >= 11 is 0. The highest BCUT2D eigenvalue weighted by Crippen LogP contribution is 2.30. The van der Waals surface area contributed by atoms with Gasteiger partial charge in [0.1, 0.15) is 5.78 Å². The van der Waals surface area contributed by atoms with Gasteiger partial charge in [0.2, 0.25) is 0 Å². The van der Waals surface area contributed by atoms with Crippen molar-refractivity contribution >= 4 is 11.8 Å². The van der Waals surface area contributed by atoms with Crippen LogP contribution in [-0.4, -0.2) is 18.4 Å². The zero-order chi connectivity index (χ0) is 14.3. The first-order valence-corrected chi connectivity index (χ1v) is 7.06. The molecule has 2 unspecified atom stereocenters. The highest BCUT2D eigenvalue weighted by molar-refractivity contribution is 5.87. The van der Waals surface area contributed by atoms with Gasteiger partial charge in [-0.25, -0.2) is 0 Å². The Hall–Kier alpha value is -0.860. The predicted molar refractivity (Wildman–Crippen MR) is 73.2 cm³/mol. The van der Waals surface area contributed by atoms with Crippen LogP contribution in [0.2, 0.25) is 0 Å². The predicted octanol–water partition coefficient (Wildman–Crippen LogP) is 3.46. The summed E-state index contributed by atoms with van der Waals surface area (Å²) in [6.45, 7) is 12.1. The molecule has 0 aromatic carbocycles. The molecule has 0 heterocycles. The van der Waals surface area contributed by atoms with Crippen LogP contribution in [-0.2, 0) is 14.3 Å². The minimum atomic E-state index is -0.316. The Morgan fingerprint density at radius 3 is 1.78 bits per heavy atom. The normalized spacial score (nSPS) is 14.7. The zero-order valence-corrected chi connectivity index (χ0v) is 12.7. The lowest BCUT2D eigenvalue weighted by molar-refractivity contribution is -0.155. The summed E-state index contributed by atoms with van der Waals surface area (Å²) in [5.74, 6) is -0.277. The smallest absolute Gasteiger partial charge is 0.309 e. The Bertz CT molecular complexity index is 241. The van der Waals surface area contributed by atoms with E-state index in [1.807, 2.05) is 34.6 Å². The zero-order valence-electron chi connectivity index (χ0n) is 12.7. The first-order valence-electron chi connectivity index (χ1n) is 7.06. The number of Topliss-reactive ketones (excluding diaryl/α,β-unsaturated/α-hetero) is 1. The maximum atomic E-state index is 12.2. The van der Waals surface area contributed by atoms with E-state index in [4.69, 9.17) is 4.74 Å². The molecule has 0 saturated heterocycles. The maximum absolute atomic E-state index is 12.2. The van der Waals surface area contributed by atoms with E-state index in [1.165, 1.54) is 0 Å². The van der Waals surface area contributed by atoms with Gasteiger partial charge in [-0.2, -0.15) is 0 Å². The van der Waals surface area contributed by atoms with Crippen molar-refractivity contribution in [3.63, 3.8) is 0 Å². The molecule has 3 heteroatoms. The van der Waals surface area contributed by atoms with Crippen molar-refractivity contribution in [2.75, 3.05) is 6.61 Å². The Morgan fingerprint density at radius 1 is 0.944 bits per heavy atom. The van der Waals surface area contributed by atoms with Crippen molar-refractivity contribution in [3.05, 3.63) is 0 Å². The number of hydrogen-bond acceptors (Lipinski definition) is 3. The van der Waals surface area contributed by atoms with Crippen LogP contribution < -0.4 is 0 Å². The number of esters is 1. The SMILES string of the molecule is CCCC(=O)C(C(C)C)C(C(=O)OCC)C(C)C. The molecule has 0 aliphatic carbocycles. The average Bonchev–Trinajstić information content (AvgIpc) is 2.24. The fraction of sp³-hybridized carbons (Fsp3) is 0.867. The fourth-order valence-electron chi connectivity index (χ4n) is 2.47.